The second kappa shape index (κ2) is 6.54. The van der Waals surface area contributed by atoms with Gasteiger partial charge in [-0.2, -0.15) is 0 Å². The van der Waals surface area contributed by atoms with Crippen LogP contribution in [-0.4, -0.2) is 28.6 Å². The van der Waals surface area contributed by atoms with Crippen LogP contribution >= 0.6 is 0 Å². The molecule has 1 aromatic heterocycles. The number of methoxy groups -OCH3 is 1. The zero-order valence-corrected chi connectivity index (χ0v) is 12.3. The maximum atomic E-state index is 5.68. The van der Waals surface area contributed by atoms with Crippen LogP contribution in [0.4, 0.5) is 0 Å². The number of rotatable bonds is 6. The predicted molar refractivity (Wildman–Crippen MR) is 79.3 cm³/mol. The molecule has 2 rings (SSSR count). The lowest BCUT2D eigenvalue weighted by molar-refractivity contribution is 0.306. The van der Waals surface area contributed by atoms with Crippen LogP contribution in [0.25, 0.3) is 0 Å². The molecule has 0 bridgehead atoms. The number of hydrogen-bond donors (Lipinski definition) is 1. The summed E-state index contributed by atoms with van der Waals surface area (Å²) in [6.07, 6.45) is 3.78. The molecule has 0 aliphatic heterocycles. The van der Waals surface area contributed by atoms with E-state index in [-0.39, 0.29) is 0 Å². The van der Waals surface area contributed by atoms with Crippen LogP contribution in [0, 0.1) is 0 Å². The summed E-state index contributed by atoms with van der Waals surface area (Å²) >= 11 is 0. The summed E-state index contributed by atoms with van der Waals surface area (Å²) in [6, 6.07) is 6.18. The first kappa shape index (κ1) is 14.6. The van der Waals surface area contributed by atoms with Crippen molar-refractivity contribution >= 4 is 0 Å². The molecule has 20 heavy (non-hydrogen) atoms. The fourth-order valence-electron chi connectivity index (χ4n) is 2.21. The molecule has 5 nitrogen and oxygen atoms in total. The Hall–Kier alpha value is -1.85. The largest absolute Gasteiger partial charge is 0.496 e. The van der Waals surface area contributed by atoms with Crippen LogP contribution in [-0.2, 0) is 26.7 Å². The monoisotopic (exact) mass is 274 g/mol. The molecule has 1 aromatic carbocycles. The lowest BCUT2D eigenvalue weighted by Gasteiger charge is -2.17. The van der Waals surface area contributed by atoms with Gasteiger partial charge in [-0.15, -0.1) is 0 Å². The number of imidazole rings is 1. The van der Waals surface area contributed by atoms with Crippen molar-refractivity contribution in [3.63, 3.8) is 0 Å². The van der Waals surface area contributed by atoms with Gasteiger partial charge in [-0.25, -0.2) is 4.98 Å². The molecular formula is C15H22N4O. The van der Waals surface area contributed by atoms with Crippen molar-refractivity contribution in [2.24, 2.45) is 12.8 Å². The Kier molecular flexibility index (Phi) is 4.76. The molecule has 0 unspecified atom stereocenters. The van der Waals surface area contributed by atoms with Crippen molar-refractivity contribution in [2.45, 2.75) is 19.6 Å². The number of ether oxygens (including phenoxy) is 1. The topological polar surface area (TPSA) is 56.3 Å². The summed E-state index contributed by atoms with van der Waals surface area (Å²) in [7, 11) is 5.77. The van der Waals surface area contributed by atoms with E-state index in [1.54, 1.807) is 7.11 Å². The Bertz CT molecular complexity index is 565. The van der Waals surface area contributed by atoms with Gasteiger partial charge >= 0.3 is 0 Å². The van der Waals surface area contributed by atoms with Crippen LogP contribution in [0.3, 0.4) is 0 Å². The molecule has 108 valence electrons. The number of nitrogens with zero attached hydrogens (tertiary/aromatic N) is 3. The fourth-order valence-corrected chi connectivity index (χ4v) is 2.21. The maximum absolute atomic E-state index is 5.68. The van der Waals surface area contributed by atoms with Crippen LogP contribution in [0.15, 0.2) is 30.6 Å². The van der Waals surface area contributed by atoms with Gasteiger partial charge in [0, 0.05) is 38.1 Å². The summed E-state index contributed by atoms with van der Waals surface area (Å²) < 4.78 is 7.40. The van der Waals surface area contributed by atoms with E-state index in [0.29, 0.717) is 6.54 Å². The third-order valence-electron chi connectivity index (χ3n) is 3.36. The summed E-state index contributed by atoms with van der Waals surface area (Å²) in [6.45, 7) is 2.14. The van der Waals surface area contributed by atoms with Crippen molar-refractivity contribution in [2.75, 3.05) is 14.2 Å². The second-order valence-corrected chi connectivity index (χ2v) is 4.98. The van der Waals surface area contributed by atoms with Gasteiger partial charge in [-0.3, -0.25) is 4.90 Å². The van der Waals surface area contributed by atoms with Gasteiger partial charge in [-0.1, -0.05) is 12.1 Å². The first-order valence-corrected chi connectivity index (χ1v) is 6.64. The van der Waals surface area contributed by atoms with Gasteiger partial charge in [0.05, 0.1) is 13.7 Å². The SMILES string of the molecule is COc1cc(CN(C)Cc2nccn2C)ccc1CN. The highest BCUT2D eigenvalue weighted by atomic mass is 16.5. The summed E-state index contributed by atoms with van der Waals surface area (Å²) in [5, 5.41) is 0. The number of nitrogens with two attached hydrogens (primary N) is 1. The summed E-state index contributed by atoms with van der Waals surface area (Å²) in [4.78, 5) is 6.56. The van der Waals surface area contributed by atoms with Crippen LogP contribution in [0.5, 0.6) is 5.75 Å². The Morgan fingerprint density at radius 2 is 2.15 bits per heavy atom. The van der Waals surface area contributed by atoms with Gasteiger partial charge in [-0.05, 0) is 18.7 Å². The van der Waals surface area contributed by atoms with Crippen molar-refractivity contribution in [3.05, 3.63) is 47.5 Å². The minimum Gasteiger partial charge on any atom is -0.496 e. The number of benzene rings is 1. The Morgan fingerprint density at radius 3 is 2.75 bits per heavy atom. The zero-order valence-electron chi connectivity index (χ0n) is 12.3. The maximum Gasteiger partial charge on any atom is 0.123 e. The molecule has 2 N–H and O–H groups in total. The van der Waals surface area contributed by atoms with E-state index >= 15 is 0 Å². The third kappa shape index (κ3) is 3.37. The van der Waals surface area contributed by atoms with Gasteiger partial charge in [0.2, 0.25) is 0 Å². The second-order valence-electron chi connectivity index (χ2n) is 4.98. The molecule has 0 saturated carbocycles. The number of aryl methyl sites for hydroxylation is 1. The number of hydrogen-bond acceptors (Lipinski definition) is 4. The molecule has 0 saturated heterocycles. The molecule has 5 heteroatoms. The Balaban J connectivity index is 2.04. The summed E-state index contributed by atoms with van der Waals surface area (Å²) in [5.41, 5.74) is 7.92. The fraction of sp³-hybridized carbons (Fsp3) is 0.400. The van der Waals surface area contributed by atoms with E-state index in [2.05, 4.69) is 29.1 Å². The average Bonchev–Trinajstić information content (AvgIpc) is 2.84. The van der Waals surface area contributed by atoms with E-state index in [1.165, 1.54) is 5.56 Å². The van der Waals surface area contributed by atoms with Crippen LogP contribution < -0.4 is 10.5 Å². The van der Waals surface area contributed by atoms with Crippen molar-refractivity contribution in [3.8, 4) is 5.75 Å². The highest BCUT2D eigenvalue weighted by molar-refractivity contribution is 5.37. The van der Waals surface area contributed by atoms with E-state index < -0.39 is 0 Å². The minimum atomic E-state index is 0.493. The minimum absolute atomic E-state index is 0.493. The van der Waals surface area contributed by atoms with Crippen LogP contribution in [0.2, 0.25) is 0 Å². The quantitative estimate of drug-likeness (QED) is 0.867. The van der Waals surface area contributed by atoms with E-state index in [4.69, 9.17) is 10.5 Å². The van der Waals surface area contributed by atoms with Crippen molar-refractivity contribution in [1.29, 1.82) is 0 Å². The van der Waals surface area contributed by atoms with Crippen molar-refractivity contribution < 1.29 is 4.74 Å². The van der Waals surface area contributed by atoms with E-state index in [0.717, 1.165) is 30.2 Å². The molecule has 0 amide bonds. The highest BCUT2D eigenvalue weighted by Crippen LogP contribution is 2.20. The zero-order chi connectivity index (χ0) is 14.5. The predicted octanol–water partition coefficient (Wildman–Crippen LogP) is 1.52. The molecule has 0 radical (unpaired) electrons. The highest BCUT2D eigenvalue weighted by Gasteiger charge is 2.08. The Morgan fingerprint density at radius 1 is 1.35 bits per heavy atom. The molecule has 2 aromatic rings. The molecule has 0 spiro atoms. The standard InChI is InChI=1S/C15H22N4O/c1-18(11-15-17-6-7-19(15)2)10-12-4-5-13(9-16)14(8-12)20-3/h4-8H,9-11,16H2,1-3H3. The van der Waals surface area contributed by atoms with Gasteiger partial charge in [0.25, 0.3) is 0 Å². The van der Waals surface area contributed by atoms with Crippen molar-refractivity contribution in [1.82, 2.24) is 14.5 Å². The molecule has 0 aliphatic carbocycles. The van der Waals surface area contributed by atoms with Gasteiger partial charge in [0.1, 0.15) is 11.6 Å². The smallest absolute Gasteiger partial charge is 0.123 e. The molecule has 0 fully saturated rings. The molecule has 1 heterocycles. The Labute approximate surface area is 120 Å². The normalized spacial score (nSPS) is 11.1. The average molecular weight is 274 g/mol. The lowest BCUT2D eigenvalue weighted by atomic mass is 10.1. The third-order valence-corrected chi connectivity index (χ3v) is 3.36. The van der Waals surface area contributed by atoms with E-state index in [9.17, 15) is 0 Å². The van der Waals surface area contributed by atoms with Crippen LogP contribution in [0.1, 0.15) is 17.0 Å². The first-order chi connectivity index (χ1) is 9.63. The van der Waals surface area contributed by atoms with E-state index in [1.807, 2.05) is 30.1 Å². The summed E-state index contributed by atoms with van der Waals surface area (Å²) in [5.74, 6) is 1.91. The van der Waals surface area contributed by atoms with Gasteiger partial charge in [0.15, 0.2) is 0 Å². The number of aromatic nitrogens is 2. The first-order valence-electron chi connectivity index (χ1n) is 6.64. The lowest BCUT2D eigenvalue weighted by Crippen LogP contribution is -2.19. The molecular weight excluding hydrogens is 252 g/mol. The molecule has 0 aliphatic rings. The molecule has 0 atom stereocenters. The van der Waals surface area contributed by atoms with Gasteiger partial charge < -0.3 is 15.0 Å².